The van der Waals surface area contributed by atoms with E-state index in [-0.39, 0.29) is 30.3 Å². The molecule has 0 radical (unpaired) electrons. The zero-order chi connectivity index (χ0) is 14.5. The van der Waals surface area contributed by atoms with E-state index in [0.717, 1.165) is 32.4 Å². The van der Waals surface area contributed by atoms with Crippen LogP contribution in [0, 0.1) is 0 Å². The molecule has 1 unspecified atom stereocenters. The van der Waals surface area contributed by atoms with Crippen LogP contribution in [0.2, 0.25) is 0 Å². The number of hydrogen-bond donors (Lipinski definition) is 1. The molecular formula is C14H25ClN4O2. The summed E-state index contributed by atoms with van der Waals surface area (Å²) in [5, 5.41) is 7.12. The molecule has 1 saturated heterocycles. The highest BCUT2D eigenvalue weighted by Gasteiger charge is 2.33. The van der Waals surface area contributed by atoms with E-state index in [1.165, 1.54) is 0 Å². The van der Waals surface area contributed by atoms with Gasteiger partial charge in [0, 0.05) is 18.9 Å². The van der Waals surface area contributed by atoms with Gasteiger partial charge in [-0.05, 0) is 32.9 Å². The monoisotopic (exact) mass is 316 g/mol. The second kappa shape index (κ2) is 8.34. The third-order valence-corrected chi connectivity index (χ3v) is 3.64. The first kappa shape index (κ1) is 17.9. The molecule has 0 saturated carbocycles. The second-order valence-corrected chi connectivity index (χ2v) is 5.60. The number of aromatic nitrogens is 2. The summed E-state index contributed by atoms with van der Waals surface area (Å²) < 4.78 is 5.26. The predicted molar refractivity (Wildman–Crippen MR) is 82.5 cm³/mol. The molecule has 1 N–H and O–H groups in total. The lowest BCUT2D eigenvalue weighted by molar-refractivity contribution is -0.132. The summed E-state index contributed by atoms with van der Waals surface area (Å²) in [6.45, 7) is 5.71. The molecule has 1 aliphatic heterocycles. The third kappa shape index (κ3) is 4.41. The normalized spacial score (nSPS) is 18.1. The molecule has 0 bridgehead atoms. The molecule has 0 aromatic carbocycles. The number of likely N-dealkylation sites (tertiary alicyclic amines) is 1. The van der Waals surface area contributed by atoms with Crippen LogP contribution in [0.1, 0.15) is 63.2 Å². The highest BCUT2D eigenvalue weighted by atomic mass is 35.5. The molecule has 6 nitrogen and oxygen atoms in total. The van der Waals surface area contributed by atoms with E-state index in [9.17, 15) is 4.79 Å². The molecule has 0 aliphatic carbocycles. The Bertz CT molecular complexity index is 450. The molecular weight excluding hydrogens is 292 g/mol. The summed E-state index contributed by atoms with van der Waals surface area (Å²) in [5.74, 6) is 1.72. The first-order valence-corrected chi connectivity index (χ1v) is 7.41. The maximum absolute atomic E-state index is 12.3. The average Bonchev–Trinajstić information content (AvgIpc) is 3.07. The molecule has 1 atom stereocenters. The minimum Gasteiger partial charge on any atom is -0.339 e. The van der Waals surface area contributed by atoms with Crippen LogP contribution in [0.15, 0.2) is 4.52 Å². The molecule has 1 amide bonds. The van der Waals surface area contributed by atoms with E-state index in [1.54, 1.807) is 0 Å². The molecule has 1 fully saturated rings. The van der Waals surface area contributed by atoms with Gasteiger partial charge in [-0.2, -0.15) is 4.98 Å². The Balaban J connectivity index is 0.00000220. The summed E-state index contributed by atoms with van der Waals surface area (Å²) in [4.78, 5) is 18.6. The second-order valence-electron chi connectivity index (χ2n) is 5.60. The Morgan fingerprint density at radius 2 is 2.29 bits per heavy atom. The van der Waals surface area contributed by atoms with E-state index >= 15 is 0 Å². The molecule has 1 aliphatic rings. The van der Waals surface area contributed by atoms with Crippen molar-refractivity contribution in [3.8, 4) is 0 Å². The Morgan fingerprint density at radius 3 is 2.90 bits per heavy atom. The Kier molecular flexibility index (Phi) is 7.11. The van der Waals surface area contributed by atoms with Crippen molar-refractivity contribution in [1.82, 2.24) is 20.4 Å². The van der Waals surface area contributed by atoms with Crippen molar-refractivity contribution in [2.75, 3.05) is 20.1 Å². The van der Waals surface area contributed by atoms with Gasteiger partial charge in [-0.3, -0.25) is 4.79 Å². The van der Waals surface area contributed by atoms with Crippen molar-refractivity contribution in [3.05, 3.63) is 11.7 Å². The van der Waals surface area contributed by atoms with Crippen molar-refractivity contribution in [2.45, 2.75) is 51.5 Å². The van der Waals surface area contributed by atoms with E-state index < -0.39 is 0 Å². The molecule has 21 heavy (non-hydrogen) atoms. The number of amides is 1. The van der Waals surface area contributed by atoms with Crippen LogP contribution in [-0.4, -0.2) is 41.1 Å². The lowest BCUT2D eigenvalue weighted by Crippen LogP contribution is -2.31. The molecule has 2 rings (SSSR count). The van der Waals surface area contributed by atoms with Crippen molar-refractivity contribution >= 4 is 18.3 Å². The molecule has 1 aromatic heterocycles. The molecule has 0 spiro atoms. The van der Waals surface area contributed by atoms with Crippen molar-refractivity contribution in [3.63, 3.8) is 0 Å². The lowest BCUT2D eigenvalue weighted by atomic mass is 10.2. The number of rotatable bonds is 6. The Labute approximate surface area is 132 Å². The zero-order valence-electron chi connectivity index (χ0n) is 13.0. The predicted octanol–water partition coefficient (Wildman–Crippen LogP) is 2.28. The van der Waals surface area contributed by atoms with Crippen LogP contribution >= 0.6 is 12.4 Å². The maximum Gasteiger partial charge on any atom is 0.229 e. The van der Waals surface area contributed by atoms with Crippen LogP contribution in [0.5, 0.6) is 0 Å². The van der Waals surface area contributed by atoms with Gasteiger partial charge >= 0.3 is 0 Å². The van der Waals surface area contributed by atoms with Crippen molar-refractivity contribution in [1.29, 1.82) is 0 Å². The van der Waals surface area contributed by atoms with Gasteiger partial charge in [0.05, 0.1) is 6.04 Å². The summed E-state index contributed by atoms with van der Waals surface area (Å²) in [6, 6.07) is -0.00617. The van der Waals surface area contributed by atoms with Gasteiger partial charge in [0.15, 0.2) is 5.82 Å². The first-order valence-electron chi connectivity index (χ1n) is 7.41. The third-order valence-electron chi connectivity index (χ3n) is 3.64. The molecule has 120 valence electrons. The van der Waals surface area contributed by atoms with E-state index in [0.29, 0.717) is 18.1 Å². The number of carbonyl (C=O) groups is 1. The van der Waals surface area contributed by atoms with Crippen molar-refractivity contribution < 1.29 is 9.32 Å². The fraction of sp³-hybridized carbons (Fsp3) is 0.786. The molecule has 1 aromatic rings. The Morgan fingerprint density at radius 1 is 1.52 bits per heavy atom. The van der Waals surface area contributed by atoms with Crippen LogP contribution < -0.4 is 5.32 Å². The van der Waals surface area contributed by atoms with Crippen LogP contribution in [0.4, 0.5) is 0 Å². The fourth-order valence-electron chi connectivity index (χ4n) is 2.51. The minimum absolute atomic E-state index is 0. The fourth-order valence-corrected chi connectivity index (χ4v) is 2.51. The number of hydrogen-bond acceptors (Lipinski definition) is 5. The number of nitrogens with zero attached hydrogens (tertiary/aromatic N) is 3. The summed E-state index contributed by atoms with van der Waals surface area (Å²) in [5.41, 5.74) is 0. The lowest BCUT2D eigenvalue weighted by Gasteiger charge is -2.22. The Hall–Kier alpha value is -1.14. The number of carbonyl (C=O) groups excluding carboxylic acids is 1. The maximum atomic E-state index is 12.3. The smallest absolute Gasteiger partial charge is 0.229 e. The van der Waals surface area contributed by atoms with Crippen LogP contribution in [0.3, 0.4) is 0 Å². The van der Waals surface area contributed by atoms with Crippen LogP contribution in [0.25, 0.3) is 0 Å². The van der Waals surface area contributed by atoms with Gasteiger partial charge in [0.25, 0.3) is 0 Å². The highest BCUT2D eigenvalue weighted by Crippen LogP contribution is 2.31. The van der Waals surface area contributed by atoms with Gasteiger partial charge < -0.3 is 14.7 Å². The standard InChI is InChI=1S/C14H24N4O2.ClH/c1-10(2)14-16-13(17-20-14)11-6-5-9-18(11)12(19)7-4-8-15-3;/h10-11,15H,4-9H2,1-3H3;1H. The topological polar surface area (TPSA) is 71.3 Å². The number of nitrogens with one attached hydrogen (secondary N) is 1. The van der Waals surface area contributed by atoms with Crippen molar-refractivity contribution in [2.24, 2.45) is 0 Å². The minimum atomic E-state index is -0.00617. The van der Waals surface area contributed by atoms with Gasteiger partial charge in [-0.1, -0.05) is 19.0 Å². The zero-order valence-corrected chi connectivity index (χ0v) is 13.8. The largest absolute Gasteiger partial charge is 0.339 e. The highest BCUT2D eigenvalue weighted by molar-refractivity contribution is 5.85. The summed E-state index contributed by atoms with van der Waals surface area (Å²) >= 11 is 0. The van der Waals surface area contributed by atoms with E-state index in [1.807, 2.05) is 25.8 Å². The first-order chi connectivity index (χ1) is 9.63. The summed E-state index contributed by atoms with van der Waals surface area (Å²) in [7, 11) is 1.90. The van der Waals surface area contributed by atoms with E-state index in [4.69, 9.17) is 4.52 Å². The van der Waals surface area contributed by atoms with Gasteiger partial charge in [0.1, 0.15) is 0 Å². The average molecular weight is 317 g/mol. The van der Waals surface area contributed by atoms with E-state index in [2.05, 4.69) is 15.5 Å². The van der Waals surface area contributed by atoms with Gasteiger partial charge in [-0.25, -0.2) is 0 Å². The van der Waals surface area contributed by atoms with Crippen LogP contribution in [-0.2, 0) is 4.79 Å². The van der Waals surface area contributed by atoms with Gasteiger partial charge in [-0.15, -0.1) is 12.4 Å². The molecule has 2 heterocycles. The van der Waals surface area contributed by atoms with Gasteiger partial charge in [0.2, 0.25) is 11.8 Å². The quantitative estimate of drug-likeness (QED) is 0.815. The number of halogens is 1. The summed E-state index contributed by atoms with van der Waals surface area (Å²) in [6.07, 6.45) is 3.37. The SMILES string of the molecule is CNCCCC(=O)N1CCCC1c1noc(C(C)C)n1.Cl. The molecule has 7 heteroatoms.